The van der Waals surface area contributed by atoms with Crippen LogP contribution >= 0.6 is 0 Å². The molecule has 0 radical (unpaired) electrons. The van der Waals surface area contributed by atoms with Gasteiger partial charge in [-0.3, -0.25) is 5.10 Å². The molecule has 5 nitrogen and oxygen atoms in total. The van der Waals surface area contributed by atoms with Crippen LogP contribution in [0.4, 0.5) is 5.69 Å². The highest BCUT2D eigenvalue weighted by Crippen LogP contribution is 2.23. The standard InChI is InChI=1S/C9H11N5/c1-3-7-9(12-13-11-7)8(4-1)14-6-2-5-10-14/h1,3-4,10H,2,5-6H2,(H,11,12,13). The lowest BCUT2D eigenvalue weighted by molar-refractivity contribution is 0.789. The lowest BCUT2D eigenvalue weighted by Gasteiger charge is -2.17. The monoisotopic (exact) mass is 189 g/mol. The van der Waals surface area contributed by atoms with E-state index in [0.717, 1.165) is 29.8 Å². The van der Waals surface area contributed by atoms with Gasteiger partial charge in [-0.25, -0.2) is 5.43 Å². The van der Waals surface area contributed by atoms with Crippen molar-refractivity contribution < 1.29 is 0 Å². The summed E-state index contributed by atoms with van der Waals surface area (Å²) in [5.41, 5.74) is 6.33. The van der Waals surface area contributed by atoms with Gasteiger partial charge in [0.15, 0.2) is 0 Å². The zero-order chi connectivity index (χ0) is 9.38. The summed E-state index contributed by atoms with van der Waals surface area (Å²) in [4.78, 5) is 0. The smallest absolute Gasteiger partial charge is 0.137 e. The molecule has 1 fully saturated rings. The fraction of sp³-hybridized carbons (Fsp3) is 0.333. The van der Waals surface area contributed by atoms with E-state index in [1.165, 1.54) is 6.42 Å². The van der Waals surface area contributed by atoms with Crippen molar-refractivity contribution in [2.24, 2.45) is 0 Å². The fourth-order valence-corrected chi connectivity index (χ4v) is 1.81. The van der Waals surface area contributed by atoms with Gasteiger partial charge in [-0.1, -0.05) is 11.3 Å². The van der Waals surface area contributed by atoms with Crippen LogP contribution in [0, 0.1) is 0 Å². The third-order valence-electron chi connectivity index (χ3n) is 2.49. The minimum atomic E-state index is 0.932. The van der Waals surface area contributed by atoms with Crippen LogP contribution in [0.3, 0.4) is 0 Å². The molecule has 0 aliphatic carbocycles. The Morgan fingerprint density at radius 3 is 3.21 bits per heavy atom. The van der Waals surface area contributed by atoms with E-state index in [-0.39, 0.29) is 0 Å². The first-order chi connectivity index (χ1) is 6.95. The number of aromatic nitrogens is 3. The number of hydrogen-bond donors (Lipinski definition) is 2. The fourth-order valence-electron chi connectivity index (χ4n) is 1.81. The average Bonchev–Trinajstić information content (AvgIpc) is 2.88. The van der Waals surface area contributed by atoms with Crippen molar-refractivity contribution in [3.63, 3.8) is 0 Å². The highest BCUT2D eigenvalue weighted by molar-refractivity contribution is 5.87. The Morgan fingerprint density at radius 2 is 2.36 bits per heavy atom. The predicted molar refractivity (Wildman–Crippen MR) is 53.9 cm³/mol. The van der Waals surface area contributed by atoms with Gasteiger partial charge in [-0.2, -0.15) is 0 Å². The molecule has 2 heterocycles. The second kappa shape index (κ2) is 2.95. The SMILES string of the molecule is c1cc(N2CCCN2)c2nn[nH]c2c1. The van der Waals surface area contributed by atoms with E-state index in [4.69, 9.17) is 0 Å². The van der Waals surface area contributed by atoms with E-state index in [0.29, 0.717) is 0 Å². The van der Waals surface area contributed by atoms with Gasteiger partial charge in [-0.05, 0) is 18.6 Å². The van der Waals surface area contributed by atoms with Gasteiger partial charge >= 0.3 is 0 Å². The van der Waals surface area contributed by atoms with Crippen LogP contribution in [0.2, 0.25) is 0 Å². The molecular weight excluding hydrogens is 178 g/mol. The molecule has 1 aromatic carbocycles. The second-order valence-corrected chi connectivity index (χ2v) is 3.40. The molecule has 0 spiro atoms. The van der Waals surface area contributed by atoms with Crippen LogP contribution in [-0.4, -0.2) is 28.5 Å². The number of H-pyrrole nitrogens is 1. The minimum absolute atomic E-state index is 0.932. The molecule has 1 aliphatic rings. The Hall–Kier alpha value is -1.62. The van der Waals surface area contributed by atoms with Gasteiger partial charge in [0.05, 0.1) is 11.2 Å². The predicted octanol–water partition coefficient (Wildman–Crippen LogP) is 0.673. The molecule has 1 aromatic heterocycles. The normalized spacial score (nSPS) is 16.7. The van der Waals surface area contributed by atoms with E-state index >= 15 is 0 Å². The Morgan fingerprint density at radius 1 is 1.36 bits per heavy atom. The molecule has 0 atom stereocenters. The number of nitrogens with one attached hydrogen (secondary N) is 2. The van der Waals surface area contributed by atoms with Gasteiger partial charge in [0.2, 0.25) is 0 Å². The van der Waals surface area contributed by atoms with Gasteiger partial charge in [0.1, 0.15) is 5.52 Å². The number of anilines is 1. The molecule has 0 amide bonds. The molecule has 0 bridgehead atoms. The van der Waals surface area contributed by atoms with Crippen LogP contribution in [0.25, 0.3) is 11.0 Å². The largest absolute Gasteiger partial charge is 0.306 e. The summed E-state index contributed by atoms with van der Waals surface area (Å²) in [6.45, 7) is 2.07. The number of hydrazine groups is 1. The quantitative estimate of drug-likeness (QED) is 0.692. The Labute approximate surface area is 81.1 Å². The summed E-state index contributed by atoms with van der Waals surface area (Å²) >= 11 is 0. The number of nitrogens with zero attached hydrogens (tertiary/aromatic N) is 3. The van der Waals surface area contributed by atoms with Crippen molar-refractivity contribution in [1.29, 1.82) is 0 Å². The number of aromatic amines is 1. The lowest BCUT2D eigenvalue weighted by atomic mass is 10.2. The number of fused-ring (bicyclic) bond motifs is 1. The molecule has 14 heavy (non-hydrogen) atoms. The van der Waals surface area contributed by atoms with Gasteiger partial charge in [-0.15, -0.1) is 5.10 Å². The molecule has 1 aliphatic heterocycles. The van der Waals surface area contributed by atoms with E-state index in [1.54, 1.807) is 0 Å². The molecule has 2 aromatic rings. The van der Waals surface area contributed by atoms with E-state index in [9.17, 15) is 0 Å². The minimum Gasteiger partial charge on any atom is -0.306 e. The maximum atomic E-state index is 4.08. The maximum absolute atomic E-state index is 4.08. The van der Waals surface area contributed by atoms with Gasteiger partial charge in [0.25, 0.3) is 0 Å². The van der Waals surface area contributed by atoms with Crippen LogP contribution < -0.4 is 10.4 Å². The highest BCUT2D eigenvalue weighted by atomic mass is 15.5. The zero-order valence-corrected chi connectivity index (χ0v) is 7.70. The summed E-state index contributed by atoms with van der Waals surface area (Å²) in [5, 5.41) is 12.9. The molecule has 72 valence electrons. The van der Waals surface area contributed by atoms with E-state index in [1.807, 2.05) is 12.1 Å². The molecule has 0 saturated carbocycles. The second-order valence-electron chi connectivity index (χ2n) is 3.40. The zero-order valence-electron chi connectivity index (χ0n) is 7.70. The Bertz CT molecular complexity index is 443. The van der Waals surface area contributed by atoms with Gasteiger partial charge in [0, 0.05) is 13.1 Å². The number of rotatable bonds is 1. The van der Waals surface area contributed by atoms with Crippen molar-refractivity contribution in [3.8, 4) is 0 Å². The van der Waals surface area contributed by atoms with Crippen molar-refractivity contribution in [1.82, 2.24) is 20.8 Å². The average molecular weight is 189 g/mol. The van der Waals surface area contributed by atoms with Crippen molar-refractivity contribution >= 4 is 16.7 Å². The number of benzene rings is 1. The van der Waals surface area contributed by atoms with Crippen molar-refractivity contribution in [2.75, 3.05) is 18.1 Å². The molecule has 2 N–H and O–H groups in total. The third-order valence-corrected chi connectivity index (χ3v) is 2.49. The van der Waals surface area contributed by atoms with Crippen LogP contribution in [-0.2, 0) is 0 Å². The first-order valence-electron chi connectivity index (χ1n) is 4.76. The summed E-state index contributed by atoms with van der Waals surface area (Å²) in [5.74, 6) is 0. The Balaban J connectivity index is 2.14. The number of hydrogen-bond acceptors (Lipinski definition) is 4. The Kier molecular flexibility index (Phi) is 1.63. The summed E-state index contributed by atoms with van der Waals surface area (Å²) in [7, 11) is 0. The van der Waals surface area contributed by atoms with Crippen LogP contribution in [0.1, 0.15) is 6.42 Å². The van der Waals surface area contributed by atoms with Gasteiger partial charge < -0.3 is 5.01 Å². The highest BCUT2D eigenvalue weighted by Gasteiger charge is 2.15. The van der Waals surface area contributed by atoms with Crippen molar-refractivity contribution in [3.05, 3.63) is 18.2 Å². The summed E-state index contributed by atoms with van der Waals surface area (Å²) in [6.07, 6.45) is 1.17. The molecule has 3 rings (SSSR count). The lowest BCUT2D eigenvalue weighted by Crippen LogP contribution is -2.30. The summed E-state index contributed by atoms with van der Waals surface area (Å²) in [6, 6.07) is 6.05. The van der Waals surface area contributed by atoms with Crippen molar-refractivity contribution in [2.45, 2.75) is 6.42 Å². The molecule has 5 heteroatoms. The first-order valence-corrected chi connectivity index (χ1v) is 4.76. The molecule has 1 saturated heterocycles. The van der Waals surface area contributed by atoms with Crippen LogP contribution in [0.5, 0.6) is 0 Å². The third kappa shape index (κ3) is 1.06. The van der Waals surface area contributed by atoms with E-state index < -0.39 is 0 Å². The van der Waals surface area contributed by atoms with E-state index in [2.05, 4.69) is 31.9 Å². The van der Waals surface area contributed by atoms with Crippen LogP contribution in [0.15, 0.2) is 18.2 Å². The maximum Gasteiger partial charge on any atom is 0.137 e. The first kappa shape index (κ1) is 7.75. The topological polar surface area (TPSA) is 56.8 Å². The molecule has 0 unspecified atom stereocenters. The summed E-state index contributed by atoms with van der Waals surface area (Å²) < 4.78 is 0. The molecular formula is C9H11N5.